The number of carboxylic acids is 1. The molecule has 1 heterocycles. The van der Waals surface area contributed by atoms with Crippen molar-refractivity contribution in [2.75, 3.05) is 13.1 Å². The van der Waals surface area contributed by atoms with Gasteiger partial charge in [0.1, 0.15) is 0 Å². The van der Waals surface area contributed by atoms with Gasteiger partial charge in [0, 0.05) is 12.0 Å². The van der Waals surface area contributed by atoms with Crippen molar-refractivity contribution < 1.29 is 14.7 Å². The summed E-state index contributed by atoms with van der Waals surface area (Å²) in [6.45, 7) is 3.70. The average Bonchev–Trinajstić information content (AvgIpc) is 2.95. The molecule has 0 radical (unpaired) electrons. The number of nitrogens with one attached hydrogen (secondary N) is 2. The largest absolute Gasteiger partial charge is 0.481 e. The predicted molar refractivity (Wildman–Crippen MR) is 62.4 cm³/mol. The van der Waals surface area contributed by atoms with E-state index in [9.17, 15) is 9.59 Å². The first-order chi connectivity index (χ1) is 8.08. The van der Waals surface area contributed by atoms with Gasteiger partial charge in [0.05, 0.1) is 6.42 Å². The fourth-order valence-corrected chi connectivity index (χ4v) is 2.22. The number of rotatable bonds is 6. The molecule has 0 spiro atoms. The number of hydrogen-bond donors (Lipinski definition) is 3. The van der Waals surface area contributed by atoms with Crippen molar-refractivity contribution in [1.29, 1.82) is 0 Å². The van der Waals surface area contributed by atoms with Gasteiger partial charge in [-0.05, 0) is 37.8 Å². The summed E-state index contributed by atoms with van der Waals surface area (Å²) in [6.07, 6.45) is 2.13. The smallest absolute Gasteiger partial charge is 0.305 e. The lowest BCUT2D eigenvalue weighted by Gasteiger charge is -2.32. The molecular formula is C12H20N2O3. The minimum Gasteiger partial charge on any atom is -0.481 e. The summed E-state index contributed by atoms with van der Waals surface area (Å²) in [4.78, 5) is 22.7. The third-order valence-electron chi connectivity index (χ3n) is 3.85. The zero-order valence-electron chi connectivity index (χ0n) is 10.1. The van der Waals surface area contributed by atoms with Crippen LogP contribution in [0, 0.1) is 17.8 Å². The van der Waals surface area contributed by atoms with E-state index >= 15 is 0 Å². The topological polar surface area (TPSA) is 78.4 Å². The van der Waals surface area contributed by atoms with Crippen LogP contribution < -0.4 is 10.6 Å². The first-order valence-corrected chi connectivity index (χ1v) is 6.31. The Balaban J connectivity index is 1.83. The Labute approximate surface area is 101 Å². The van der Waals surface area contributed by atoms with Crippen LogP contribution in [-0.4, -0.2) is 36.1 Å². The van der Waals surface area contributed by atoms with Crippen molar-refractivity contribution in [2.45, 2.75) is 32.2 Å². The van der Waals surface area contributed by atoms with Crippen LogP contribution in [0.25, 0.3) is 0 Å². The van der Waals surface area contributed by atoms with Gasteiger partial charge < -0.3 is 15.7 Å². The third-order valence-corrected chi connectivity index (χ3v) is 3.85. The lowest BCUT2D eigenvalue weighted by Crippen LogP contribution is -2.51. The summed E-state index contributed by atoms with van der Waals surface area (Å²) in [5, 5.41) is 14.9. The number of carbonyl (C=O) groups is 2. The molecule has 96 valence electrons. The van der Waals surface area contributed by atoms with Crippen molar-refractivity contribution in [3.63, 3.8) is 0 Å². The maximum atomic E-state index is 12.0. The third kappa shape index (κ3) is 3.19. The highest BCUT2D eigenvalue weighted by molar-refractivity contribution is 5.80. The molecule has 5 heteroatoms. The van der Waals surface area contributed by atoms with E-state index in [0.29, 0.717) is 11.8 Å². The van der Waals surface area contributed by atoms with E-state index in [0.717, 1.165) is 25.9 Å². The number of amides is 1. The molecule has 0 bridgehead atoms. The fourth-order valence-electron chi connectivity index (χ4n) is 2.22. The van der Waals surface area contributed by atoms with Crippen molar-refractivity contribution in [3.05, 3.63) is 0 Å². The summed E-state index contributed by atoms with van der Waals surface area (Å²) in [7, 11) is 0. The van der Waals surface area contributed by atoms with Gasteiger partial charge in [0.25, 0.3) is 0 Å². The predicted octanol–water partition coefficient (Wildman–Crippen LogP) is 0.211. The molecule has 2 unspecified atom stereocenters. The van der Waals surface area contributed by atoms with E-state index in [1.807, 2.05) is 6.92 Å². The quantitative estimate of drug-likeness (QED) is 0.620. The van der Waals surface area contributed by atoms with Gasteiger partial charge >= 0.3 is 5.97 Å². The van der Waals surface area contributed by atoms with E-state index in [-0.39, 0.29) is 24.3 Å². The van der Waals surface area contributed by atoms with E-state index in [4.69, 9.17) is 5.11 Å². The van der Waals surface area contributed by atoms with Crippen LogP contribution in [-0.2, 0) is 9.59 Å². The van der Waals surface area contributed by atoms with Gasteiger partial charge in [0.15, 0.2) is 0 Å². The Kier molecular flexibility index (Phi) is 3.66. The van der Waals surface area contributed by atoms with Gasteiger partial charge in [-0.25, -0.2) is 0 Å². The van der Waals surface area contributed by atoms with Crippen LogP contribution in [0.1, 0.15) is 26.2 Å². The van der Waals surface area contributed by atoms with Crippen LogP contribution >= 0.6 is 0 Å². The van der Waals surface area contributed by atoms with Gasteiger partial charge in [-0.2, -0.15) is 0 Å². The van der Waals surface area contributed by atoms with Crippen LogP contribution in [0.3, 0.4) is 0 Å². The summed E-state index contributed by atoms with van der Waals surface area (Å²) in [6, 6.07) is -0.171. The zero-order chi connectivity index (χ0) is 12.4. The van der Waals surface area contributed by atoms with E-state index < -0.39 is 5.97 Å². The summed E-state index contributed by atoms with van der Waals surface area (Å²) in [5.74, 6) is -0.0671. The minimum atomic E-state index is -0.833. The van der Waals surface area contributed by atoms with Crippen molar-refractivity contribution in [3.8, 4) is 0 Å². The molecule has 2 aliphatic rings. The summed E-state index contributed by atoms with van der Waals surface area (Å²) in [5.41, 5.74) is 0. The lowest BCUT2D eigenvalue weighted by molar-refractivity contribution is -0.138. The first-order valence-electron chi connectivity index (χ1n) is 6.31. The molecule has 1 saturated heterocycles. The molecular weight excluding hydrogens is 220 g/mol. The maximum Gasteiger partial charge on any atom is 0.305 e. The second-order valence-electron chi connectivity index (χ2n) is 5.26. The fraction of sp³-hybridized carbons (Fsp3) is 0.833. The molecule has 0 aromatic heterocycles. The molecule has 1 aliphatic carbocycles. The minimum absolute atomic E-state index is 0.00894. The first kappa shape index (κ1) is 12.4. The Morgan fingerprint density at radius 2 is 2.00 bits per heavy atom. The highest BCUT2D eigenvalue weighted by atomic mass is 16.4. The molecule has 0 aromatic rings. The molecule has 17 heavy (non-hydrogen) atoms. The van der Waals surface area contributed by atoms with Gasteiger partial charge in [-0.15, -0.1) is 0 Å². The second-order valence-corrected chi connectivity index (χ2v) is 5.26. The van der Waals surface area contributed by atoms with Gasteiger partial charge in [-0.1, -0.05) is 6.92 Å². The Morgan fingerprint density at radius 1 is 1.35 bits per heavy atom. The molecule has 2 rings (SSSR count). The number of carbonyl (C=O) groups excluding carboxylic acids is 1. The van der Waals surface area contributed by atoms with Crippen LogP contribution in [0.2, 0.25) is 0 Å². The Bertz CT molecular complexity index is 311. The molecule has 1 amide bonds. The normalized spacial score (nSPS) is 23.6. The molecule has 2 atom stereocenters. The van der Waals surface area contributed by atoms with E-state index in [1.54, 1.807) is 0 Å². The highest BCUT2D eigenvalue weighted by Crippen LogP contribution is 2.34. The highest BCUT2D eigenvalue weighted by Gasteiger charge is 2.36. The maximum absolute atomic E-state index is 12.0. The molecule has 5 nitrogen and oxygen atoms in total. The van der Waals surface area contributed by atoms with E-state index in [2.05, 4.69) is 10.6 Å². The summed E-state index contributed by atoms with van der Waals surface area (Å²) >= 11 is 0. The van der Waals surface area contributed by atoms with Gasteiger partial charge in [-0.3, -0.25) is 9.59 Å². The number of aliphatic carboxylic acids is 1. The van der Waals surface area contributed by atoms with Crippen molar-refractivity contribution in [1.82, 2.24) is 10.6 Å². The van der Waals surface area contributed by atoms with E-state index in [1.165, 1.54) is 0 Å². The van der Waals surface area contributed by atoms with Crippen LogP contribution in [0.5, 0.6) is 0 Å². The second kappa shape index (κ2) is 5.04. The molecule has 3 N–H and O–H groups in total. The SMILES string of the molecule is CC(C(=O)NC(CC(=O)O)C1CC1)C1CNC1. The Hall–Kier alpha value is -1.10. The number of carboxylic acid groups (broad SMARTS) is 1. The molecule has 2 fully saturated rings. The molecule has 0 aromatic carbocycles. The molecule has 1 aliphatic heterocycles. The molecule has 1 saturated carbocycles. The van der Waals surface area contributed by atoms with Crippen LogP contribution in [0.15, 0.2) is 0 Å². The summed E-state index contributed by atoms with van der Waals surface area (Å²) < 4.78 is 0. The Morgan fingerprint density at radius 3 is 2.41 bits per heavy atom. The zero-order valence-corrected chi connectivity index (χ0v) is 10.1. The standard InChI is InChI=1S/C12H20N2O3/c1-7(9-5-13-6-9)12(17)14-10(4-11(15)16)8-2-3-8/h7-10,13H,2-6H2,1H3,(H,14,17)(H,15,16). The lowest BCUT2D eigenvalue weighted by atomic mass is 9.88. The van der Waals surface area contributed by atoms with Crippen LogP contribution in [0.4, 0.5) is 0 Å². The van der Waals surface area contributed by atoms with Crippen molar-refractivity contribution in [2.24, 2.45) is 17.8 Å². The monoisotopic (exact) mass is 240 g/mol. The average molecular weight is 240 g/mol. The number of hydrogen-bond acceptors (Lipinski definition) is 3. The van der Waals surface area contributed by atoms with Crippen molar-refractivity contribution >= 4 is 11.9 Å². The van der Waals surface area contributed by atoms with Gasteiger partial charge in [0.2, 0.25) is 5.91 Å².